The first-order chi connectivity index (χ1) is 13.6. The van der Waals surface area contributed by atoms with Gasteiger partial charge in [0.25, 0.3) is 0 Å². The fraction of sp³-hybridized carbons (Fsp3) is 0.444. The molecule has 1 aliphatic rings. The fourth-order valence-electron chi connectivity index (χ4n) is 2.94. The summed E-state index contributed by atoms with van der Waals surface area (Å²) in [4.78, 5) is 25.7. The number of halogens is 1. The molecule has 0 unspecified atom stereocenters. The van der Waals surface area contributed by atoms with Crippen LogP contribution in [0.2, 0.25) is 5.02 Å². The Morgan fingerprint density at radius 3 is 2.68 bits per heavy atom. The molecule has 0 aliphatic carbocycles. The quantitative estimate of drug-likeness (QED) is 0.631. The van der Waals surface area contributed by atoms with Gasteiger partial charge in [0.2, 0.25) is 17.8 Å². The molecule has 1 aliphatic heterocycles. The van der Waals surface area contributed by atoms with Gasteiger partial charge in [0.1, 0.15) is 0 Å². The molecule has 1 aromatic carbocycles. The minimum atomic E-state index is -0.236. The molecule has 2 N–H and O–H groups in total. The molecule has 0 atom stereocenters. The molecule has 8 nitrogen and oxygen atoms in total. The minimum absolute atomic E-state index is 0.0345. The number of benzene rings is 1. The largest absolute Gasteiger partial charge is 0.355 e. The van der Waals surface area contributed by atoms with Crippen LogP contribution in [0.15, 0.2) is 29.4 Å². The molecule has 1 saturated heterocycles. The molecule has 2 heterocycles. The van der Waals surface area contributed by atoms with Crippen LogP contribution in [0.4, 0.5) is 5.95 Å². The lowest BCUT2D eigenvalue weighted by molar-refractivity contribution is -0.124. The third-order valence-corrected chi connectivity index (χ3v) is 5.39. The molecule has 150 valence electrons. The van der Waals surface area contributed by atoms with Gasteiger partial charge in [-0.1, -0.05) is 29.4 Å². The molecule has 10 heteroatoms. The summed E-state index contributed by atoms with van der Waals surface area (Å²) >= 11 is 7.45. The predicted molar refractivity (Wildman–Crippen MR) is 110 cm³/mol. The summed E-state index contributed by atoms with van der Waals surface area (Å²) in [6, 6.07) is 7.48. The van der Waals surface area contributed by atoms with E-state index in [2.05, 4.69) is 25.7 Å². The smallest absolute Gasteiger partial charge is 0.239 e. The predicted octanol–water partition coefficient (Wildman–Crippen LogP) is 1.87. The summed E-state index contributed by atoms with van der Waals surface area (Å²) in [5.74, 6) is 0.446. The van der Waals surface area contributed by atoms with Crippen LogP contribution in [-0.4, -0.2) is 58.5 Å². The van der Waals surface area contributed by atoms with E-state index >= 15 is 0 Å². The molecule has 0 spiro atoms. The average molecular weight is 423 g/mol. The lowest BCUT2D eigenvalue weighted by Gasteiger charge is -2.18. The van der Waals surface area contributed by atoms with Crippen molar-refractivity contribution >= 4 is 41.1 Å². The number of thioether (sulfide) groups is 1. The van der Waals surface area contributed by atoms with Crippen LogP contribution in [0.3, 0.4) is 0 Å². The van der Waals surface area contributed by atoms with E-state index in [1.165, 1.54) is 11.8 Å². The van der Waals surface area contributed by atoms with Crippen molar-refractivity contribution in [1.29, 1.82) is 0 Å². The van der Waals surface area contributed by atoms with Crippen molar-refractivity contribution in [2.75, 3.05) is 36.8 Å². The monoisotopic (exact) mass is 422 g/mol. The number of nitrogens with one attached hydrogen (secondary N) is 2. The molecule has 2 amide bonds. The SMILES string of the molecule is CCNC(=O)CNC(=O)CSc1nnc(N2CCCC2)n1-c1cccc(Cl)c1. The Kier molecular flexibility index (Phi) is 7.16. The second-order valence-electron chi connectivity index (χ2n) is 6.31. The molecule has 3 rings (SSSR count). The van der Waals surface area contributed by atoms with Gasteiger partial charge in [-0.05, 0) is 38.0 Å². The van der Waals surface area contributed by atoms with Crippen molar-refractivity contribution in [3.8, 4) is 5.69 Å². The van der Waals surface area contributed by atoms with Gasteiger partial charge in [-0.3, -0.25) is 14.2 Å². The van der Waals surface area contributed by atoms with E-state index < -0.39 is 0 Å². The maximum absolute atomic E-state index is 12.1. The summed E-state index contributed by atoms with van der Waals surface area (Å²) in [7, 11) is 0. The number of carbonyl (C=O) groups is 2. The molecule has 2 aromatic rings. The number of carbonyl (C=O) groups excluding carboxylic acids is 2. The first kappa shape index (κ1) is 20.5. The van der Waals surface area contributed by atoms with Gasteiger partial charge < -0.3 is 15.5 Å². The van der Waals surface area contributed by atoms with Gasteiger partial charge in [-0.2, -0.15) is 0 Å². The van der Waals surface area contributed by atoms with Crippen LogP contribution in [0.1, 0.15) is 19.8 Å². The third kappa shape index (κ3) is 5.17. The maximum atomic E-state index is 12.1. The Morgan fingerprint density at radius 2 is 1.96 bits per heavy atom. The van der Waals surface area contributed by atoms with Gasteiger partial charge in [0, 0.05) is 24.7 Å². The first-order valence-electron chi connectivity index (χ1n) is 9.21. The highest BCUT2D eigenvalue weighted by molar-refractivity contribution is 7.99. The molecule has 0 saturated carbocycles. The van der Waals surface area contributed by atoms with Crippen LogP contribution in [0, 0.1) is 0 Å². The number of aromatic nitrogens is 3. The molecular formula is C18H23ClN6O2S. The van der Waals surface area contributed by atoms with Crippen LogP contribution < -0.4 is 15.5 Å². The highest BCUT2D eigenvalue weighted by Gasteiger charge is 2.23. The van der Waals surface area contributed by atoms with E-state index in [4.69, 9.17) is 11.6 Å². The van der Waals surface area contributed by atoms with Crippen molar-refractivity contribution in [1.82, 2.24) is 25.4 Å². The molecule has 0 bridgehead atoms. The van der Waals surface area contributed by atoms with Gasteiger partial charge in [-0.15, -0.1) is 10.2 Å². The van der Waals surface area contributed by atoms with Crippen molar-refractivity contribution in [2.24, 2.45) is 0 Å². The molecule has 1 aromatic heterocycles. The van der Waals surface area contributed by atoms with Crippen LogP contribution in [0.25, 0.3) is 5.69 Å². The number of nitrogens with zero attached hydrogens (tertiary/aromatic N) is 4. The van der Waals surface area contributed by atoms with Gasteiger partial charge in [-0.25, -0.2) is 0 Å². The molecule has 0 radical (unpaired) electrons. The summed E-state index contributed by atoms with van der Waals surface area (Å²) in [5.41, 5.74) is 0.852. The second kappa shape index (κ2) is 9.79. The number of amides is 2. The minimum Gasteiger partial charge on any atom is -0.355 e. The fourth-order valence-corrected chi connectivity index (χ4v) is 3.90. The van der Waals surface area contributed by atoms with Crippen molar-refractivity contribution in [2.45, 2.75) is 24.9 Å². The maximum Gasteiger partial charge on any atom is 0.239 e. The van der Waals surface area contributed by atoms with Crippen molar-refractivity contribution in [3.63, 3.8) is 0 Å². The van der Waals surface area contributed by atoms with E-state index in [9.17, 15) is 9.59 Å². The normalized spacial score (nSPS) is 13.6. The summed E-state index contributed by atoms with van der Waals surface area (Å²) in [6.07, 6.45) is 2.24. The van der Waals surface area contributed by atoms with Gasteiger partial charge >= 0.3 is 0 Å². The Hall–Kier alpha value is -2.26. The van der Waals surface area contributed by atoms with Crippen LogP contribution in [0.5, 0.6) is 0 Å². The van der Waals surface area contributed by atoms with E-state index in [1.807, 2.05) is 35.8 Å². The topological polar surface area (TPSA) is 92.2 Å². The standard InChI is InChI=1S/C18H23ClN6O2S/c1-2-20-15(26)11-21-16(27)12-28-18-23-22-17(24-8-3-4-9-24)25(18)14-7-5-6-13(19)10-14/h5-7,10H,2-4,8-9,11-12H2,1H3,(H,20,26)(H,21,27). The Morgan fingerprint density at radius 1 is 1.18 bits per heavy atom. The zero-order valence-corrected chi connectivity index (χ0v) is 17.2. The van der Waals surface area contributed by atoms with Gasteiger partial charge in [0.05, 0.1) is 18.0 Å². The number of likely N-dealkylation sites (N-methyl/N-ethyl adjacent to an activating group) is 1. The van der Waals surface area contributed by atoms with E-state index in [0.29, 0.717) is 16.7 Å². The number of hydrogen-bond acceptors (Lipinski definition) is 6. The lowest BCUT2D eigenvalue weighted by Crippen LogP contribution is -2.37. The van der Waals surface area contributed by atoms with Gasteiger partial charge in [0.15, 0.2) is 5.16 Å². The highest BCUT2D eigenvalue weighted by Crippen LogP contribution is 2.29. The van der Waals surface area contributed by atoms with E-state index in [0.717, 1.165) is 37.6 Å². The van der Waals surface area contributed by atoms with Crippen molar-refractivity contribution < 1.29 is 9.59 Å². The second-order valence-corrected chi connectivity index (χ2v) is 7.69. The van der Waals surface area contributed by atoms with Crippen molar-refractivity contribution in [3.05, 3.63) is 29.3 Å². The summed E-state index contributed by atoms with van der Waals surface area (Å²) < 4.78 is 1.93. The third-order valence-electron chi connectivity index (χ3n) is 4.22. The zero-order chi connectivity index (χ0) is 19.9. The molecular weight excluding hydrogens is 400 g/mol. The number of rotatable bonds is 8. The Balaban J connectivity index is 1.73. The lowest BCUT2D eigenvalue weighted by atomic mass is 10.3. The van der Waals surface area contributed by atoms with E-state index in [-0.39, 0.29) is 24.1 Å². The highest BCUT2D eigenvalue weighted by atomic mass is 35.5. The van der Waals surface area contributed by atoms with Crippen LogP contribution >= 0.6 is 23.4 Å². The molecule has 1 fully saturated rings. The average Bonchev–Trinajstić information content (AvgIpc) is 3.34. The Labute approximate surface area is 173 Å². The summed E-state index contributed by atoms with van der Waals surface area (Å²) in [6.45, 7) is 4.18. The van der Waals surface area contributed by atoms with Crippen LogP contribution in [-0.2, 0) is 9.59 Å². The zero-order valence-electron chi connectivity index (χ0n) is 15.7. The summed E-state index contributed by atoms with van der Waals surface area (Å²) in [5, 5.41) is 15.1. The van der Waals surface area contributed by atoms with E-state index in [1.54, 1.807) is 0 Å². The Bertz CT molecular complexity index is 837. The first-order valence-corrected chi connectivity index (χ1v) is 10.6. The molecule has 28 heavy (non-hydrogen) atoms. The number of anilines is 1. The number of hydrogen-bond donors (Lipinski definition) is 2.